The van der Waals surface area contributed by atoms with Gasteiger partial charge in [0.1, 0.15) is 0 Å². The third-order valence-electron chi connectivity index (χ3n) is 3.55. The second-order valence-corrected chi connectivity index (χ2v) is 5.48. The number of rotatable bonds is 6. The van der Waals surface area contributed by atoms with Crippen molar-refractivity contribution in [1.82, 2.24) is 15.0 Å². The van der Waals surface area contributed by atoms with Crippen molar-refractivity contribution in [3.05, 3.63) is 0 Å². The second kappa shape index (κ2) is 6.69. The lowest BCUT2D eigenvalue weighted by Gasteiger charge is -2.18. The Labute approximate surface area is 119 Å². The zero-order valence-electron chi connectivity index (χ0n) is 12.0. The topological polar surface area (TPSA) is 106 Å². The van der Waals surface area contributed by atoms with Gasteiger partial charge in [0, 0.05) is 13.2 Å². The van der Waals surface area contributed by atoms with Gasteiger partial charge in [-0.3, -0.25) is 0 Å². The van der Waals surface area contributed by atoms with Crippen LogP contribution in [0.5, 0.6) is 6.01 Å². The normalized spacial score (nSPS) is 22.2. The number of nitrogen functional groups attached to an aromatic ring is 1. The predicted molar refractivity (Wildman–Crippen MR) is 76.4 cm³/mol. The number of nitrogens with one attached hydrogen (secondary N) is 1. The standard InChI is InChI=1S/C13H23N5O2/c1-8(2)20-13-17-11(14)16-12(18-13)15-6-9-4-3-5-10(9)7-19/h8-10,19H,3-7H2,1-2H3,(H3,14,15,16,17,18). The smallest absolute Gasteiger partial charge is 0.323 e. The summed E-state index contributed by atoms with van der Waals surface area (Å²) in [6.45, 7) is 4.78. The van der Waals surface area contributed by atoms with E-state index in [1.165, 1.54) is 6.42 Å². The largest absolute Gasteiger partial charge is 0.461 e. The molecule has 112 valence electrons. The highest BCUT2D eigenvalue weighted by molar-refractivity contribution is 5.32. The first-order valence-electron chi connectivity index (χ1n) is 7.11. The Morgan fingerprint density at radius 1 is 1.30 bits per heavy atom. The van der Waals surface area contributed by atoms with Crippen molar-refractivity contribution < 1.29 is 9.84 Å². The molecule has 0 saturated heterocycles. The van der Waals surface area contributed by atoms with Gasteiger partial charge in [-0.15, -0.1) is 0 Å². The third-order valence-corrected chi connectivity index (χ3v) is 3.55. The van der Waals surface area contributed by atoms with Gasteiger partial charge in [0.15, 0.2) is 0 Å². The van der Waals surface area contributed by atoms with Crippen LogP contribution in [0.2, 0.25) is 0 Å². The van der Waals surface area contributed by atoms with Crippen LogP contribution in [-0.2, 0) is 0 Å². The van der Waals surface area contributed by atoms with Crippen LogP contribution < -0.4 is 15.8 Å². The van der Waals surface area contributed by atoms with Crippen LogP contribution in [0.15, 0.2) is 0 Å². The van der Waals surface area contributed by atoms with Crippen molar-refractivity contribution in [2.75, 3.05) is 24.2 Å². The number of aromatic nitrogens is 3. The fraction of sp³-hybridized carbons (Fsp3) is 0.769. The molecule has 1 heterocycles. The molecule has 4 N–H and O–H groups in total. The van der Waals surface area contributed by atoms with Crippen molar-refractivity contribution in [3.8, 4) is 6.01 Å². The number of hydrogen-bond acceptors (Lipinski definition) is 7. The van der Waals surface area contributed by atoms with Crippen molar-refractivity contribution in [2.24, 2.45) is 11.8 Å². The fourth-order valence-electron chi connectivity index (χ4n) is 2.56. The van der Waals surface area contributed by atoms with Crippen LogP contribution in [0.3, 0.4) is 0 Å². The average molecular weight is 281 g/mol. The van der Waals surface area contributed by atoms with Gasteiger partial charge in [-0.25, -0.2) is 0 Å². The third kappa shape index (κ3) is 3.93. The van der Waals surface area contributed by atoms with Crippen molar-refractivity contribution in [3.63, 3.8) is 0 Å². The summed E-state index contributed by atoms with van der Waals surface area (Å²) in [6.07, 6.45) is 3.36. The van der Waals surface area contributed by atoms with E-state index >= 15 is 0 Å². The van der Waals surface area contributed by atoms with E-state index in [-0.39, 0.29) is 24.7 Å². The van der Waals surface area contributed by atoms with Gasteiger partial charge < -0.3 is 20.9 Å². The van der Waals surface area contributed by atoms with E-state index < -0.39 is 0 Å². The van der Waals surface area contributed by atoms with Gasteiger partial charge in [0.05, 0.1) is 6.10 Å². The Balaban J connectivity index is 1.96. The molecule has 7 heteroatoms. The van der Waals surface area contributed by atoms with Crippen LogP contribution >= 0.6 is 0 Å². The molecule has 20 heavy (non-hydrogen) atoms. The Hall–Kier alpha value is -1.63. The molecule has 1 aromatic rings. The van der Waals surface area contributed by atoms with Gasteiger partial charge in [0.25, 0.3) is 0 Å². The van der Waals surface area contributed by atoms with Crippen molar-refractivity contribution in [1.29, 1.82) is 0 Å². The average Bonchev–Trinajstić information content (AvgIpc) is 2.82. The molecule has 7 nitrogen and oxygen atoms in total. The quantitative estimate of drug-likeness (QED) is 0.715. The van der Waals surface area contributed by atoms with E-state index in [0.29, 0.717) is 17.8 Å². The molecule has 1 aliphatic rings. The molecule has 1 saturated carbocycles. The molecule has 0 bridgehead atoms. The highest BCUT2D eigenvalue weighted by Crippen LogP contribution is 2.31. The fourth-order valence-corrected chi connectivity index (χ4v) is 2.56. The Bertz CT molecular complexity index is 441. The van der Waals surface area contributed by atoms with Gasteiger partial charge in [-0.2, -0.15) is 15.0 Å². The maximum atomic E-state index is 9.31. The van der Waals surface area contributed by atoms with Gasteiger partial charge >= 0.3 is 6.01 Å². The Kier molecular flexibility index (Phi) is 4.94. The maximum Gasteiger partial charge on any atom is 0.323 e. The lowest BCUT2D eigenvalue weighted by atomic mass is 9.97. The minimum Gasteiger partial charge on any atom is -0.461 e. The van der Waals surface area contributed by atoms with E-state index in [1.54, 1.807) is 0 Å². The SMILES string of the molecule is CC(C)Oc1nc(N)nc(NCC2CCCC2CO)n1. The van der Waals surface area contributed by atoms with E-state index in [4.69, 9.17) is 10.5 Å². The first-order valence-corrected chi connectivity index (χ1v) is 7.11. The summed E-state index contributed by atoms with van der Waals surface area (Å²) in [7, 11) is 0. The van der Waals surface area contributed by atoms with Crippen LogP contribution in [-0.4, -0.2) is 39.3 Å². The molecule has 0 aromatic carbocycles. The summed E-state index contributed by atoms with van der Waals surface area (Å²) in [6, 6.07) is 0.236. The molecule has 0 radical (unpaired) electrons. The predicted octanol–water partition coefficient (Wildman–Crippen LogP) is 1.06. The molecule has 2 atom stereocenters. The van der Waals surface area contributed by atoms with Crippen LogP contribution in [0, 0.1) is 11.8 Å². The lowest BCUT2D eigenvalue weighted by Crippen LogP contribution is -2.22. The summed E-state index contributed by atoms with van der Waals surface area (Å²) in [5, 5.41) is 12.5. The first kappa shape index (κ1) is 14.8. The molecular weight excluding hydrogens is 258 g/mol. The molecule has 1 aromatic heterocycles. The van der Waals surface area contributed by atoms with Crippen LogP contribution in [0.1, 0.15) is 33.1 Å². The summed E-state index contributed by atoms with van der Waals surface area (Å²) in [4.78, 5) is 12.2. The molecule has 2 unspecified atom stereocenters. The number of nitrogens with zero attached hydrogens (tertiary/aromatic N) is 3. The minimum absolute atomic E-state index is 0.0155. The molecule has 2 rings (SSSR count). The zero-order valence-corrected chi connectivity index (χ0v) is 12.0. The van der Waals surface area contributed by atoms with Gasteiger partial charge in [-0.05, 0) is 38.5 Å². The summed E-state index contributed by atoms with van der Waals surface area (Å²) >= 11 is 0. The minimum atomic E-state index is -0.0155. The molecule has 0 amide bonds. The number of aliphatic hydroxyl groups is 1. The number of aliphatic hydroxyl groups excluding tert-OH is 1. The van der Waals surface area contributed by atoms with E-state index in [0.717, 1.165) is 19.4 Å². The van der Waals surface area contributed by atoms with Crippen LogP contribution in [0.25, 0.3) is 0 Å². The summed E-state index contributed by atoms with van der Waals surface area (Å²) in [5.41, 5.74) is 5.65. The lowest BCUT2D eigenvalue weighted by molar-refractivity contribution is 0.198. The van der Waals surface area contributed by atoms with Crippen LogP contribution in [0.4, 0.5) is 11.9 Å². The molecule has 1 aliphatic carbocycles. The van der Waals surface area contributed by atoms with E-state index in [2.05, 4.69) is 20.3 Å². The summed E-state index contributed by atoms with van der Waals surface area (Å²) in [5.74, 6) is 1.39. The molecule has 1 fully saturated rings. The molecular formula is C13H23N5O2. The summed E-state index contributed by atoms with van der Waals surface area (Å²) < 4.78 is 5.43. The number of nitrogens with two attached hydrogens (primary N) is 1. The highest BCUT2D eigenvalue weighted by Gasteiger charge is 2.26. The van der Waals surface area contributed by atoms with Gasteiger partial charge in [0.2, 0.25) is 11.9 Å². The number of anilines is 2. The van der Waals surface area contributed by atoms with Gasteiger partial charge in [-0.1, -0.05) is 6.42 Å². The van der Waals surface area contributed by atoms with Crippen molar-refractivity contribution in [2.45, 2.75) is 39.2 Å². The van der Waals surface area contributed by atoms with Crippen molar-refractivity contribution >= 4 is 11.9 Å². The zero-order chi connectivity index (χ0) is 14.5. The Morgan fingerprint density at radius 2 is 2.05 bits per heavy atom. The molecule has 0 aliphatic heterocycles. The van der Waals surface area contributed by atoms with E-state index in [1.807, 2.05) is 13.8 Å². The number of ether oxygens (including phenoxy) is 1. The second-order valence-electron chi connectivity index (χ2n) is 5.48. The Morgan fingerprint density at radius 3 is 2.75 bits per heavy atom. The molecule has 0 spiro atoms. The number of hydrogen-bond donors (Lipinski definition) is 3. The highest BCUT2D eigenvalue weighted by atomic mass is 16.5. The first-order chi connectivity index (χ1) is 9.58. The maximum absolute atomic E-state index is 9.31. The monoisotopic (exact) mass is 281 g/mol. The van der Waals surface area contributed by atoms with E-state index in [9.17, 15) is 5.11 Å².